The van der Waals surface area contributed by atoms with Crippen molar-refractivity contribution in [1.29, 1.82) is 0 Å². The Morgan fingerprint density at radius 1 is 0.757 bits per heavy atom. The summed E-state index contributed by atoms with van der Waals surface area (Å²) in [5.41, 5.74) is 0.709. The second kappa shape index (κ2) is 9.14. The van der Waals surface area contributed by atoms with Gasteiger partial charge in [0.2, 0.25) is 5.88 Å². The molecule has 0 saturated heterocycles. The second-order valence-electron chi connectivity index (χ2n) is 8.64. The maximum atomic E-state index is 13.2. The third-order valence-corrected chi connectivity index (χ3v) is 8.46. The van der Waals surface area contributed by atoms with E-state index in [4.69, 9.17) is 4.99 Å². The fourth-order valence-electron chi connectivity index (χ4n) is 4.51. The highest BCUT2D eigenvalue weighted by molar-refractivity contribution is 8.00. The van der Waals surface area contributed by atoms with Crippen LogP contribution in [0, 0.1) is 0 Å². The lowest BCUT2D eigenvalue weighted by Gasteiger charge is -2.13. The van der Waals surface area contributed by atoms with Crippen molar-refractivity contribution in [3.05, 3.63) is 117 Å². The van der Waals surface area contributed by atoms with Crippen LogP contribution in [0.1, 0.15) is 11.1 Å². The van der Waals surface area contributed by atoms with Gasteiger partial charge in [-0.3, -0.25) is 13.9 Å². The van der Waals surface area contributed by atoms with Gasteiger partial charge >= 0.3 is 5.69 Å². The van der Waals surface area contributed by atoms with Gasteiger partial charge in [-0.2, -0.15) is 0 Å². The Morgan fingerprint density at radius 3 is 2.03 bits per heavy atom. The first-order chi connectivity index (χ1) is 17.9. The van der Waals surface area contributed by atoms with Gasteiger partial charge in [0.05, 0.1) is 11.4 Å². The molecule has 182 valence electrons. The van der Waals surface area contributed by atoms with Gasteiger partial charge in [0.15, 0.2) is 0 Å². The maximum absolute atomic E-state index is 13.2. The average Bonchev–Trinajstić information content (AvgIpc) is 3.31. The van der Waals surface area contributed by atoms with Gasteiger partial charge in [-0.1, -0.05) is 78.1 Å². The van der Waals surface area contributed by atoms with Crippen molar-refractivity contribution in [2.24, 2.45) is 19.1 Å². The van der Waals surface area contributed by atoms with Crippen LogP contribution in [0.2, 0.25) is 0 Å². The molecule has 0 saturated carbocycles. The summed E-state index contributed by atoms with van der Waals surface area (Å²) in [6.07, 6.45) is 0. The van der Waals surface area contributed by atoms with Crippen molar-refractivity contribution in [1.82, 2.24) is 9.13 Å². The second-order valence-corrected chi connectivity index (χ2v) is 10.9. The zero-order valence-corrected chi connectivity index (χ0v) is 21.6. The maximum Gasteiger partial charge on any atom is 0.333 e. The molecule has 5 aromatic rings. The molecule has 1 aliphatic heterocycles. The van der Waals surface area contributed by atoms with Crippen LogP contribution in [-0.4, -0.2) is 20.0 Å². The number of aromatic hydroxyl groups is 1. The van der Waals surface area contributed by atoms with Crippen molar-refractivity contribution in [3.63, 3.8) is 0 Å². The largest absolute Gasteiger partial charge is 0.494 e. The van der Waals surface area contributed by atoms with Crippen molar-refractivity contribution < 1.29 is 5.11 Å². The fraction of sp³-hybridized carbons (Fsp3) is 0.0690. The van der Waals surface area contributed by atoms with Gasteiger partial charge in [-0.15, -0.1) is 0 Å². The first-order valence-electron chi connectivity index (χ1n) is 11.6. The molecule has 0 bridgehead atoms. The average molecular weight is 524 g/mol. The van der Waals surface area contributed by atoms with Crippen LogP contribution < -0.4 is 11.2 Å². The third kappa shape index (κ3) is 3.89. The summed E-state index contributed by atoms with van der Waals surface area (Å²) in [5, 5.41) is 12.8. The standard InChI is InChI=1S/C29H21N3O3S2/c1-31-27(33)24(28(34)32(2)29(31)35)25-20-15-9-14-19-21(36-17-10-5-3-6-11-17)16-22(26(30-25)23(19)20)37-18-12-7-4-8-13-18/h3-16,33H,1-2H3. The predicted octanol–water partition coefficient (Wildman–Crippen LogP) is 5.73. The zero-order valence-electron chi connectivity index (χ0n) is 20.0. The summed E-state index contributed by atoms with van der Waals surface area (Å²) < 4.78 is 2.07. The Kier molecular flexibility index (Phi) is 5.78. The molecule has 37 heavy (non-hydrogen) atoms. The minimum Gasteiger partial charge on any atom is -0.494 e. The highest BCUT2D eigenvalue weighted by atomic mass is 32.2. The first-order valence-corrected chi connectivity index (χ1v) is 13.2. The molecule has 0 fully saturated rings. The van der Waals surface area contributed by atoms with Crippen LogP contribution in [-0.2, 0) is 14.1 Å². The quantitative estimate of drug-likeness (QED) is 0.312. The number of aliphatic imine (C=N–C) groups is 1. The summed E-state index contributed by atoms with van der Waals surface area (Å²) in [6, 6.07) is 28.3. The SMILES string of the molecule is Cn1c(O)c(C2=Nc3c(Sc4ccccc4)cc(Sc4ccccc4)c4cccc2c34)c(=O)n(C)c1=O. The summed E-state index contributed by atoms with van der Waals surface area (Å²) in [6.45, 7) is 0. The molecule has 0 unspecified atom stereocenters. The van der Waals surface area contributed by atoms with Crippen LogP contribution in [0.4, 0.5) is 5.69 Å². The number of hydrogen-bond acceptors (Lipinski definition) is 6. The minimum atomic E-state index is -0.595. The molecule has 6 rings (SSSR count). The van der Waals surface area contributed by atoms with Gasteiger partial charge in [-0.05, 0) is 35.7 Å². The molecule has 2 heterocycles. The summed E-state index contributed by atoms with van der Waals surface area (Å²) in [4.78, 5) is 34.7. The Labute approximate surface area is 220 Å². The highest BCUT2D eigenvalue weighted by Crippen LogP contribution is 2.49. The van der Waals surface area contributed by atoms with E-state index in [2.05, 4.69) is 24.3 Å². The normalized spacial score (nSPS) is 12.2. The summed E-state index contributed by atoms with van der Waals surface area (Å²) in [7, 11) is 2.84. The lowest BCUT2D eigenvalue weighted by Crippen LogP contribution is -2.40. The van der Waals surface area contributed by atoms with E-state index in [-0.39, 0.29) is 5.56 Å². The van der Waals surface area contributed by atoms with Gasteiger partial charge in [-0.25, -0.2) is 9.79 Å². The van der Waals surface area contributed by atoms with E-state index in [1.165, 1.54) is 14.1 Å². The van der Waals surface area contributed by atoms with Crippen LogP contribution in [0.25, 0.3) is 10.8 Å². The van der Waals surface area contributed by atoms with E-state index in [0.717, 1.165) is 50.7 Å². The molecule has 0 amide bonds. The summed E-state index contributed by atoms with van der Waals surface area (Å²) >= 11 is 3.28. The van der Waals surface area contributed by atoms with Crippen LogP contribution in [0.15, 0.2) is 119 Å². The lowest BCUT2D eigenvalue weighted by molar-refractivity contribution is 0.410. The molecule has 1 aromatic heterocycles. The fourth-order valence-corrected chi connectivity index (χ4v) is 6.55. The Hall–Kier alpha value is -4.01. The topological polar surface area (TPSA) is 76.6 Å². The Bertz CT molecular complexity index is 1840. The molecule has 0 atom stereocenters. The van der Waals surface area contributed by atoms with Crippen molar-refractivity contribution in [3.8, 4) is 5.88 Å². The van der Waals surface area contributed by atoms with E-state index < -0.39 is 17.1 Å². The molecular weight excluding hydrogens is 502 g/mol. The molecule has 8 heteroatoms. The van der Waals surface area contributed by atoms with Gasteiger partial charge in [0.1, 0.15) is 5.56 Å². The molecule has 0 radical (unpaired) electrons. The van der Waals surface area contributed by atoms with Crippen LogP contribution in [0.5, 0.6) is 5.88 Å². The third-order valence-electron chi connectivity index (χ3n) is 6.35. The molecule has 1 aliphatic rings. The molecule has 6 nitrogen and oxygen atoms in total. The predicted molar refractivity (Wildman–Crippen MR) is 149 cm³/mol. The first kappa shape index (κ1) is 23.4. The molecular formula is C29H21N3O3S2. The lowest BCUT2D eigenvalue weighted by atomic mass is 9.99. The van der Waals surface area contributed by atoms with Crippen molar-refractivity contribution in [2.45, 2.75) is 19.6 Å². The summed E-state index contributed by atoms with van der Waals surface area (Å²) in [5.74, 6) is -0.396. The molecule has 0 aliphatic carbocycles. The smallest absolute Gasteiger partial charge is 0.333 e. The van der Waals surface area contributed by atoms with E-state index in [9.17, 15) is 14.7 Å². The van der Waals surface area contributed by atoms with E-state index in [1.807, 2.05) is 60.7 Å². The van der Waals surface area contributed by atoms with Gasteiger partial charge in [0, 0.05) is 44.6 Å². The van der Waals surface area contributed by atoms with Crippen molar-refractivity contribution >= 4 is 45.7 Å². The molecule has 4 aromatic carbocycles. The Morgan fingerprint density at radius 2 is 1.38 bits per heavy atom. The van der Waals surface area contributed by atoms with Gasteiger partial charge < -0.3 is 5.11 Å². The Balaban J connectivity index is 1.63. The zero-order chi connectivity index (χ0) is 25.7. The van der Waals surface area contributed by atoms with Gasteiger partial charge in [0.25, 0.3) is 5.56 Å². The minimum absolute atomic E-state index is 0.0150. The van der Waals surface area contributed by atoms with Crippen molar-refractivity contribution in [2.75, 3.05) is 0 Å². The van der Waals surface area contributed by atoms with Crippen LogP contribution in [0.3, 0.4) is 0 Å². The number of hydrogen-bond donors (Lipinski definition) is 1. The number of rotatable bonds is 5. The van der Waals surface area contributed by atoms with E-state index in [1.54, 1.807) is 23.5 Å². The van der Waals surface area contributed by atoms with Crippen LogP contribution >= 0.6 is 23.5 Å². The number of aromatic nitrogens is 2. The van der Waals surface area contributed by atoms with E-state index >= 15 is 0 Å². The highest BCUT2D eigenvalue weighted by Gasteiger charge is 2.29. The van der Waals surface area contributed by atoms with E-state index in [0.29, 0.717) is 5.71 Å². The number of benzene rings is 4. The molecule has 1 N–H and O–H groups in total. The monoisotopic (exact) mass is 523 g/mol. The number of nitrogens with zero attached hydrogens (tertiary/aromatic N) is 3. The molecule has 0 spiro atoms.